The van der Waals surface area contributed by atoms with Crippen molar-refractivity contribution in [3.05, 3.63) is 0 Å². The highest BCUT2D eigenvalue weighted by Crippen LogP contribution is 2.01. The average Bonchev–Trinajstić information content (AvgIpc) is 2.05. The van der Waals surface area contributed by atoms with E-state index in [9.17, 15) is 0 Å². The van der Waals surface area contributed by atoms with E-state index in [1.165, 1.54) is 32.6 Å². The van der Waals surface area contributed by atoms with Crippen LogP contribution in [0.4, 0.5) is 0 Å². The second-order valence-corrected chi connectivity index (χ2v) is 4.99. The minimum Gasteiger partial charge on any atom is -0.317 e. The van der Waals surface area contributed by atoms with Crippen LogP contribution in [0.2, 0.25) is 0 Å². The van der Waals surface area contributed by atoms with Crippen LogP contribution in [0.5, 0.6) is 0 Å². The van der Waals surface area contributed by atoms with E-state index < -0.39 is 0 Å². The molecule has 60 valence electrons. The Kier molecular flexibility index (Phi) is 3.38. The molecule has 0 aliphatic carbocycles. The molecule has 1 aliphatic rings. The van der Waals surface area contributed by atoms with E-state index in [0.29, 0.717) is 0 Å². The summed E-state index contributed by atoms with van der Waals surface area (Å²) in [6.45, 7) is 9.79. The summed E-state index contributed by atoms with van der Waals surface area (Å²) in [6.07, 6.45) is 1.38. The normalized spacial score (nSPS) is 23.4. The smallest absolute Gasteiger partial charge is 0.172 e. The molecule has 0 saturated carbocycles. The maximum Gasteiger partial charge on any atom is 0.172 e. The van der Waals surface area contributed by atoms with Crippen LogP contribution in [0.25, 0.3) is 0 Å². The third-order valence-corrected chi connectivity index (χ3v) is 4.57. The summed E-state index contributed by atoms with van der Waals surface area (Å²) >= 11 is 0. The molecular weight excluding hydrogens is 140 g/mol. The van der Waals surface area contributed by atoms with Gasteiger partial charge < -0.3 is 9.13 Å². The summed E-state index contributed by atoms with van der Waals surface area (Å²) < 4.78 is 5.26. The molecule has 3 heteroatoms. The third-order valence-electron chi connectivity index (χ3n) is 2.24. The van der Waals surface area contributed by atoms with Gasteiger partial charge in [0.2, 0.25) is 0 Å². The predicted octanol–water partition coefficient (Wildman–Crippen LogP) is 0.0327. The van der Waals surface area contributed by atoms with Crippen molar-refractivity contribution in [3.8, 4) is 0 Å². The van der Waals surface area contributed by atoms with Crippen LogP contribution >= 0.6 is 0 Å². The van der Waals surface area contributed by atoms with Gasteiger partial charge in [-0.15, -0.1) is 0 Å². The van der Waals surface area contributed by atoms with Crippen LogP contribution in [0.15, 0.2) is 0 Å². The first kappa shape index (κ1) is 8.24. The highest BCUT2D eigenvalue weighted by Gasteiger charge is 2.13. The first-order chi connectivity index (χ1) is 4.86. The fourth-order valence-corrected chi connectivity index (χ4v) is 3.15. The van der Waals surface area contributed by atoms with Gasteiger partial charge >= 0.3 is 0 Å². The molecule has 0 atom stereocenters. The van der Waals surface area contributed by atoms with E-state index in [2.05, 4.69) is 23.0 Å². The van der Waals surface area contributed by atoms with E-state index in [-0.39, 0.29) is 9.84 Å². The highest BCUT2D eigenvalue weighted by molar-refractivity contribution is 6.28. The summed E-state index contributed by atoms with van der Waals surface area (Å²) in [7, 11) is 0.00309. The molecule has 1 heterocycles. The molecule has 0 aromatic carbocycles. The van der Waals surface area contributed by atoms with Crippen molar-refractivity contribution >= 4 is 9.84 Å². The second kappa shape index (κ2) is 4.11. The number of rotatable bonds is 2. The van der Waals surface area contributed by atoms with Crippen molar-refractivity contribution in [2.75, 3.05) is 26.2 Å². The number of nitrogens with zero attached hydrogens (tertiary/aromatic N) is 2. The van der Waals surface area contributed by atoms with Gasteiger partial charge in [-0.05, 0) is 32.6 Å². The lowest BCUT2D eigenvalue weighted by atomic mass is 10.4. The van der Waals surface area contributed by atoms with Gasteiger partial charge in [-0.2, -0.15) is 0 Å². The van der Waals surface area contributed by atoms with Gasteiger partial charge in [0.25, 0.3) is 0 Å². The van der Waals surface area contributed by atoms with E-state index >= 15 is 0 Å². The average molecular weight is 158 g/mol. The lowest BCUT2D eigenvalue weighted by Gasteiger charge is -2.33. The second-order valence-electron chi connectivity index (χ2n) is 2.92. The molecule has 1 rings (SSSR count). The fourth-order valence-electron chi connectivity index (χ4n) is 1.46. The van der Waals surface area contributed by atoms with Crippen LogP contribution in [0.3, 0.4) is 0 Å². The van der Waals surface area contributed by atoms with E-state index in [1.807, 2.05) is 0 Å². The van der Waals surface area contributed by atoms with E-state index in [4.69, 9.17) is 0 Å². The lowest BCUT2D eigenvalue weighted by molar-refractivity contribution is 0.314. The first-order valence-corrected chi connectivity index (χ1v) is 5.58. The topological polar surface area (TPSA) is 6.48 Å². The zero-order chi connectivity index (χ0) is 7.40. The third kappa shape index (κ3) is 2.07. The Balaban J connectivity index is 2.25. The molecule has 0 unspecified atom stereocenters. The maximum atomic E-state index is 2.63. The molecule has 0 radical (unpaired) electrons. The summed E-state index contributed by atoms with van der Waals surface area (Å²) in [5.74, 6) is 0. The fraction of sp³-hybridized carbons (Fsp3) is 1.00. The van der Waals surface area contributed by atoms with Gasteiger partial charge in [-0.3, -0.25) is 0 Å². The molecule has 0 aromatic heterocycles. The summed E-state index contributed by atoms with van der Waals surface area (Å²) in [5.41, 5.74) is 0. The Hall–Kier alpha value is 0.137. The van der Waals surface area contributed by atoms with Crippen molar-refractivity contribution in [1.82, 2.24) is 9.13 Å². The largest absolute Gasteiger partial charge is 0.317 e. The van der Waals surface area contributed by atoms with Gasteiger partial charge in [-0.1, -0.05) is 13.8 Å². The molecule has 1 saturated heterocycles. The SMILES string of the molecule is CCN1CCCN(CC)[SiH2]1. The van der Waals surface area contributed by atoms with Gasteiger partial charge in [-0.25, -0.2) is 0 Å². The molecule has 2 nitrogen and oxygen atoms in total. The number of hydrogen-bond acceptors (Lipinski definition) is 2. The Bertz CT molecular complexity index is 87.6. The molecule has 0 amide bonds. The summed E-state index contributed by atoms with van der Waals surface area (Å²) in [4.78, 5) is 0. The molecule has 1 aliphatic heterocycles. The Morgan fingerprint density at radius 2 is 1.60 bits per heavy atom. The Morgan fingerprint density at radius 3 is 2.00 bits per heavy atom. The number of hydrogen-bond donors (Lipinski definition) is 0. The van der Waals surface area contributed by atoms with Crippen molar-refractivity contribution in [2.24, 2.45) is 0 Å². The lowest BCUT2D eigenvalue weighted by Crippen LogP contribution is -2.47. The van der Waals surface area contributed by atoms with Crippen molar-refractivity contribution in [3.63, 3.8) is 0 Å². The molecular formula is C7H18N2Si. The van der Waals surface area contributed by atoms with Crippen LogP contribution in [0, 0.1) is 0 Å². The van der Waals surface area contributed by atoms with Crippen molar-refractivity contribution in [1.29, 1.82) is 0 Å². The molecule has 10 heavy (non-hydrogen) atoms. The van der Waals surface area contributed by atoms with Crippen LogP contribution in [-0.4, -0.2) is 45.2 Å². The molecule has 0 aromatic rings. The summed E-state index contributed by atoms with van der Waals surface area (Å²) in [6, 6.07) is 0. The van der Waals surface area contributed by atoms with Gasteiger partial charge in [0, 0.05) is 0 Å². The predicted molar refractivity (Wildman–Crippen MR) is 47.7 cm³/mol. The van der Waals surface area contributed by atoms with Crippen molar-refractivity contribution < 1.29 is 0 Å². The maximum absolute atomic E-state index is 2.63. The molecule has 0 spiro atoms. The van der Waals surface area contributed by atoms with Crippen LogP contribution < -0.4 is 0 Å². The summed E-state index contributed by atoms with van der Waals surface area (Å²) in [5, 5.41) is 0. The van der Waals surface area contributed by atoms with Crippen LogP contribution in [0.1, 0.15) is 20.3 Å². The van der Waals surface area contributed by atoms with Crippen molar-refractivity contribution in [2.45, 2.75) is 20.3 Å². The zero-order valence-electron chi connectivity index (χ0n) is 7.14. The van der Waals surface area contributed by atoms with E-state index in [0.717, 1.165) is 0 Å². The van der Waals surface area contributed by atoms with Crippen LogP contribution in [-0.2, 0) is 0 Å². The molecule has 0 bridgehead atoms. The molecule has 1 fully saturated rings. The van der Waals surface area contributed by atoms with E-state index in [1.54, 1.807) is 0 Å². The quantitative estimate of drug-likeness (QED) is 0.523. The minimum absolute atomic E-state index is 0.00309. The Morgan fingerprint density at radius 1 is 1.10 bits per heavy atom. The minimum atomic E-state index is 0.00309. The first-order valence-electron chi connectivity index (χ1n) is 4.31. The Labute approximate surface area is 66.2 Å². The highest BCUT2D eigenvalue weighted by atomic mass is 28.2. The zero-order valence-corrected chi connectivity index (χ0v) is 8.55. The molecule has 0 N–H and O–H groups in total. The standard InChI is InChI=1S/C7H18N2Si/c1-3-8-6-5-7-9(4-2)10-8/h3-7,10H2,1-2H3. The van der Waals surface area contributed by atoms with Gasteiger partial charge in [0.05, 0.1) is 0 Å². The van der Waals surface area contributed by atoms with Gasteiger partial charge in [0.1, 0.15) is 0 Å². The van der Waals surface area contributed by atoms with Gasteiger partial charge in [0.15, 0.2) is 9.84 Å². The monoisotopic (exact) mass is 158 g/mol.